The third-order valence-corrected chi connectivity index (χ3v) is 3.93. The van der Waals surface area contributed by atoms with E-state index in [1.165, 1.54) is 25.7 Å². The SMILES string of the molecule is C[C@H]1OCCN[C@@H]1C(=O)NCCC1CCCC1.Cl. The van der Waals surface area contributed by atoms with Crippen molar-refractivity contribution in [1.29, 1.82) is 0 Å². The van der Waals surface area contributed by atoms with Crippen molar-refractivity contribution in [2.24, 2.45) is 5.92 Å². The molecule has 0 aromatic carbocycles. The van der Waals surface area contributed by atoms with Gasteiger partial charge in [-0.05, 0) is 19.3 Å². The van der Waals surface area contributed by atoms with Gasteiger partial charge < -0.3 is 15.4 Å². The van der Waals surface area contributed by atoms with Gasteiger partial charge >= 0.3 is 0 Å². The summed E-state index contributed by atoms with van der Waals surface area (Å²) in [4.78, 5) is 11.9. The molecule has 5 heteroatoms. The van der Waals surface area contributed by atoms with E-state index < -0.39 is 0 Å². The number of morpholine rings is 1. The number of halogens is 1. The number of ether oxygens (including phenoxy) is 1. The van der Waals surface area contributed by atoms with Gasteiger partial charge in [0.25, 0.3) is 0 Å². The molecular formula is C13H25ClN2O2. The van der Waals surface area contributed by atoms with Gasteiger partial charge in [-0.15, -0.1) is 12.4 Å². The van der Waals surface area contributed by atoms with Gasteiger partial charge in [0.05, 0.1) is 12.7 Å². The second-order valence-electron chi connectivity index (χ2n) is 5.24. The Labute approximate surface area is 116 Å². The molecule has 4 nitrogen and oxygen atoms in total. The molecule has 2 aliphatic rings. The molecule has 18 heavy (non-hydrogen) atoms. The van der Waals surface area contributed by atoms with Crippen molar-refractivity contribution in [3.8, 4) is 0 Å². The third-order valence-electron chi connectivity index (χ3n) is 3.93. The molecule has 2 fully saturated rings. The summed E-state index contributed by atoms with van der Waals surface area (Å²) in [5.74, 6) is 0.929. The van der Waals surface area contributed by atoms with E-state index in [-0.39, 0.29) is 30.5 Å². The molecule has 0 aromatic rings. The lowest BCUT2D eigenvalue weighted by molar-refractivity contribution is -0.128. The van der Waals surface area contributed by atoms with Crippen LogP contribution >= 0.6 is 12.4 Å². The van der Waals surface area contributed by atoms with Gasteiger partial charge in [0.1, 0.15) is 6.04 Å². The lowest BCUT2D eigenvalue weighted by atomic mass is 10.0. The number of carbonyl (C=O) groups is 1. The zero-order chi connectivity index (χ0) is 12.1. The molecule has 2 rings (SSSR count). The van der Waals surface area contributed by atoms with Gasteiger partial charge in [-0.1, -0.05) is 25.7 Å². The summed E-state index contributed by atoms with van der Waals surface area (Å²) in [5.41, 5.74) is 0. The highest BCUT2D eigenvalue weighted by atomic mass is 35.5. The van der Waals surface area contributed by atoms with E-state index in [0.29, 0.717) is 6.61 Å². The molecule has 0 unspecified atom stereocenters. The normalized spacial score (nSPS) is 28.7. The van der Waals surface area contributed by atoms with Crippen LogP contribution in [-0.4, -0.2) is 37.7 Å². The standard InChI is InChI=1S/C13H24N2O2.ClH/c1-10-12(14-8-9-17-10)13(16)15-7-6-11-4-2-3-5-11;/h10-12,14H,2-9H2,1H3,(H,15,16);1H/t10-,12+;/m1./s1. The van der Waals surface area contributed by atoms with Crippen molar-refractivity contribution in [2.45, 2.75) is 51.2 Å². The number of hydrogen-bond acceptors (Lipinski definition) is 3. The molecule has 1 aliphatic carbocycles. The van der Waals surface area contributed by atoms with Crippen molar-refractivity contribution >= 4 is 18.3 Å². The molecule has 2 N–H and O–H groups in total. The third kappa shape index (κ3) is 4.41. The average molecular weight is 277 g/mol. The Kier molecular flexibility index (Phi) is 6.97. The van der Waals surface area contributed by atoms with E-state index in [0.717, 1.165) is 25.4 Å². The minimum absolute atomic E-state index is 0. The highest BCUT2D eigenvalue weighted by molar-refractivity contribution is 5.85. The predicted molar refractivity (Wildman–Crippen MR) is 74.0 cm³/mol. The van der Waals surface area contributed by atoms with Crippen molar-refractivity contribution in [3.05, 3.63) is 0 Å². The Bertz CT molecular complexity index is 257. The monoisotopic (exact) mass is 276 g/mol. The fourth-order valence-corrected chi connectivity index (χ4v) is 2.84. The minimum atomic E-state index is -0.174. The number of nitrogens with one attached hydrogen (secondary N) is 2. The molecule has 0 bridgehead atoms. The van der Waals surface area contributed by atoms with Crippen LogP contribution in [0.4, 0.5) is 0 Å². The highest BCUT2D eigenvalue weighted by Gasteiger charge is 2.28. The lowest BCUT2D eigenvalue weighted by Gasteiger charge is -2.29. The first-order valence-electron chi connectivity index (χ1n) is 6.90. The predicted octanol–water partition coefficient (Wildman–Crippen LogP) is 1.48. The Morgan fingerprint density at radius 3 is 2.78 bits per heavy atom. The molecule has 1 amide bonds. The topological polar surface area (TPSA) is 50.4 Å². The second-order valence-corrected chi connectivity index (χ2v) is 5.24. The summed E-state index contributed by atoms with van der Waals surface area (Å²) in [6.07, 6.45) is 6.54. The molecule has 2 atom stereocenters. The summed E-state index contributed by atoms with van der Waals surface area (Å²) in [5, 5.41) is 6.24. The summed E-state index contributed by atoms with van der Waals surface area (Å²) in [6.45, 7) is 4.24. The van der Waals surface area contributed by atoms with Crippen LogP contribution < -0.4 is 10.6 Å². The maximum Gasteiger partial charge on any atom is 0.239 e. The largest absolute Gasteiger partial charge is 0.375 e. The van der Waals surface area contributed by atoms with Crippen LogP contribution in [0.3, 0.4) is 0 Å². The fourth-order valence-electron chi connectivity index (χ4n) is 2.84. The zero-order valence-corrected chi connectivity index (χ0v) is 11.9. The molecule has 0 spiro atoms. The maximum absolute atomic E-state index is 11.9. The Morgan fingerprint density at radius 1 is 1.39 bits per heavy atom. The molecule has 1 saturated carbocycles. The minimum Gasteiger partial charge on any atom is -0.375 e. The van der Waals surface area contributed by atoms with Gasteiger partial charge in [0, 0.05) is 13.1 Å². The van der Waals surface area contributed by atoms with Gasteiger partial charge in [-0.2, -0.15) is 0 Å². The Morgan fingerprint density at radius 2 is 2.11 bits per heavy atom. The molecule has 1 saturated heterocycles. The van der Waals surface area contributed by atoms with E-state index in [4.69, 9.17) is 4.74 Å². The summed E-state index contributed by atoms with van der Waals surface area (Å²) in [7, 11) is 0. The zero-order valence-electron chi connectivity index (χ0n) is 11.1. The van der Waals surface area contributed by atoms with Gasteiger partial charge in [-0.25, -0.2) is 0 Å². The quantitative estimate of drug-likeness (QED) is 0.818. The van der Waals surface area contributed by atoms with Crippen LogP contribution in [0.15, 0.2) is 0 Å². The van der Waals surface area contributed by atoms with Gasteiger partial charge in [0.2, 0.25) is 5.91 Å². The molecule has 0 aromatic heterocycles. The van der Waals surface area contributed by atoms with Crippen LogP contribution in [0.25, 0.3) is 0 Å². The van der Waals surface area contributed by atoms with Crippen LogP contribution in [0.2, 0.25) is 0 Å². The summed E-state index contributed by atoms with van der Waals surface area (Å²) < 4.78 is 5.47. The first-order chi connectivity index (χ1) is 8.27. The number of hydrogen-bond donors (Lipinski definition) is 2. The number of rotatable bonds is 4. The van der Waals surface area contributed by atoms with Crippen LogP contribution in [-0.2, 0) is 9.53 Å². The van der Waals surface area contributed by atoms with Crippen molar-refractivity contribution in [3.63, 3.8) is 0 Å². The van der Waals surface area contributed by atoms with Crippen LogP contribution in [0.1, 0.15) is 39.0 Å². The molecular weight excluding hydrogens is 252 g/mol. The average Bonchev–Trinajstić information content (AvgIpc) is 2.82. The summed E-state index contributed by atoms with van der Waals surface area (Å²) >= 11 is 0. The summed E-state index contributed by atoms with van der Waals surface area (Å²) in [6, 6.07) is -0.174. The molecule has 1 heterocycles. The maximum atomic E-state index is 11.9. The Hall–Kier alpha value is -0.320. The fraction of sp³-hybridized carbons (Fsp3) is 0.923. The van der Waals surface area contributed by atoms with Crippen molar-refractivity contribution < 1.29 is 9.53 Å². The number of amides is 1. The van der Waals surface area contributed by atoms with Gasteiger partial charge in [0.15, 0.2) is 0 Å². The molecule has 1 aliphatic heterocycles. The van der Waals surface area contributed by atoms with Gasteiger partial charge in [-0.3, -0.25) is 4.79 Å². The first kappa shape index (κ1) is 15.7. The van der Waals surface area contributed by atoms with Crippen molar-refractivity contribution in [1.82, 2.24) is 10.6 Å². The smallest absolute Gasteiger partial charge is 0.239 e. The van der Waals surface area contributed by atoms with E-state index >= 15 is 0 Å². The Balaban J connectivity index is 0.00000162. The molecule has 106 valence electrons. The first-order valence-corrected chi connectivity index (χ1v) is 6.90. The van der Waals surface area contributed by atoms with E-state index in [1.54, 1.807) is 0 Å². The van der Waals surface area contributed by atoms with E-state index in [9.17, 15) is 4.79 Å². The molecule has 0 radical (unpaired) electrons. The van der Waals surface area contributed by atoms with E-state index in [2.05, 4.69) is 10.6 Å². The van der Waals surface area contributed by atoms with Crippen LogP contribution in [0, 0.1) is 5.92 Å². The highest BCUT2D eigenvalue weighted by Crippen LogP contribution is 2.26. The van der Waals surface area contributed by atoms with Crippen molar-refractivity contribution in [2.75, 3.05) is 19.7 Å². The lowest BCUT2D eigenvalue weighted by Crippen LogP contribution is -2.55. The second kappa shape index (κ2) is 7.97. The van der Waals surface area contributed by atoms with E-state index in [1.807, 2.05) is 6.92 Å². The number of carbonyl (C=O) groups excluding carboxylic acids is 1. The van der Waals surface area contributed by atoms with Crippen LogP contribution in [0.5, 0.6) is 0 Å².